The molecule has 0 spiro atoms. The van der Waals surface area contributed by atoms with Gasteiger partial charge in [-0.3, -0.25) is 9.78 Å². The van der Waals surface area contributed by atoms with Crippen LogP contribution in [0.5, 0.6) is 5.75 Å². The topological polar surface area (TPSA) is 69.0 Å². The summed E-state index contributed by atoms with van der Waals surface area (Å²) in [4.78, 5) is 21.1. The van der Waals surface area contributed by atoms with E-state index < -0.39 is 0 Å². The third-order valence-corrected chi connectivity index (χ3v) is 5.27. The number of ether oxygens (including phenoxy) is 1. The normalized spacial score (nSPS) is 10.9. The van der Waals surface area contributed by atoms with Crippen LogP contribution < -0.4 is 10.1 Å². The van der Waals surface area contributed by atoms with Gasteiger partial charge in [0.25, 0.3) is 5.91 Å². The molecule has 6 nitrogen and oxygen atoms in total. The molecule has 0 saturated heterocycles. The summed E-state index contributed by atoms with van der Waals surface area (Å²) in [6, 6.07) is 18.9. The number of pyridine rings is 1. The van der Waals surface area contributed by atoms with Gasteiger partial charge in [0.05, 0.1) is 29.2 Å². The van der Waals surface area contributed by atoms with E-state index in [9.17, 15) is 4.79 Å². The number of carbonyl (C=O) groups is 1. The van der Waals surface area contributed by atoms with Crippen molar-refractivity contribution in [3.05, 3.63) is 89.5 Å². The molecule has 0 aliphatic carbocycles. The first-order valence-corrected chi connectivity index (χ1v) is 10.6. The second-order valence-electron chi connectivity index (χ2n) is 7.07. The molecule has 1 N–H and O–H groups in total. The van der Waals surface area contributed by atoms with Gasteiger partial charge < -0.3 is 14.6 Å². The predicted octanol–water partition coefficient (Wildman–Crippen LogP) is 4.87. The molecule has 0 unspecified atom stereocenters. The van der Waals surface area contributed by atoms with Crippen molar-refractivity contribution in [1.29, 1.82) is 0 Å². The summed E-state index contributed by atoms with van der Waals surface area (Å²) >= 11 is 6.13. The molecule has 4 aromatic rings. The van der Waals surface area contributed by atoms with Crippen LogP contribution in [0.1, 0.15) is 29.0 Å². The Morgan fingerprint density at radius 3 is 2.61 bits per heavy atom. The number of hydrogen-bond donors (Lipinski definition) is 1. The van der Waals surface area contributed by atoms with E-state index in [0.717, 1.165) is 36.2 Å². The average molecular weight is 435 g/mol. The SMILES string of the molecule is O=C(NCc1nc2ccccc2n1CCCCOc1ccccc1Cl)c1ccncc1. The molecule has 0 aliphatic rings. The van der Waals surface area contributed by atoms with Crippen LogP contribution in [0.15, 0.2) is 73.1 Å². The summed E-state index contributed by atoms with van der Waals surface area (Å²) in [7, 11) is 0. The van der Waals surface area contributed by atoms with Crippen LogP contribution in [0.4, 0.5) is 0 Å². The van der Waals surface area contributed by atoms with Crippen molar-refractivity contribution in [2.24, 2.45) is 0 Å². The Kier molecular flexibility index (Phi) is 6.79. The summed E-state index contributed by atoms with van der Waals surface area (Å²) in [5.74, 6) is 1.39. The standard InChI is InChI=1S/C24H23ClN4O2/c25-19-7-1-4-10-22(19)31-16-6-5-15-29-21-9-3-2-8-20(21)28-23(29)17-27-24(30)18-11-13-26-14-12-18/h1-4,7-14H,5-6,15-17H2,(H,27,30). The van der Waals surface area contributed by atoms with Gasteiger partial charge in [-0.1, -0.05) is 35.9 Å². The number of halogens is 1. The first-order valence-electron chi connectivity index (χ1n) is 10.2. The highest BCUT2D eigenvalue weighted by molar-refractivity contribution is 6.32. The van der Waals surface area contributed by atoms with Crippen molar-refractivity contribution in [2.45, 2.75) is 25.9 Å². The van der Waals surface area contributed by atoms with Crippen molar-refractivity contribution < 1.29 is 9.53 Å². The number of nitrogens with zero attached hydrogens (tertiary/aromatic N) is 3. The van der Waals surface area contributed by atoms with E-state index in [0.29, 0.717) is 29.5 Å². The number of benzene rings is 2. The van der Waals surface area contributed by atoms with Crippen LogP contribution in [-0.2, 0) is 13.1 Å². The van der Waals surface area contributed by atoms with Crippen molar-refractivity contribution in [2.75, 3.05) is 6.61 Å². The molecule has 0 fully saturated rings. The second kappa shape index (κ2) is 10.1. The lowest BCUT2D eigenvalue weighted by Gasteiger charge is -2.11. The fraction of sp³-hybridized carbons (Fsp3) is 0.208. The van der Waals surface area contributed by atoms with Crippen LogP contribution in [0.3, 0.4) is 0 Å². The van der Waals surface area contributed by atoms with Crippen LogP contribution in [0.2, 0.25) is 5.02 Å². The number of imidazole rings is 1. The molecule has 2 heterocycles. The Labute approximate surface area is 185 Å². The summed E-state index contributed by atoms with van der Waals surface area (Å²) in [5, 5.41) is 3.58. The molecule has 0 bridgehead atoms. The zero-order valence-electron chi connectivity index (χ0n) is 17.0. The molecule has 2 aromatic carbocycles. The van der Waals surface area contributed by atoms with Crippen LogP contribution in [0.25, 0.3) is 11.0 Å². The van der Waals surface area contributed by atoms with Gasteiger partial charge in [-0.05, 0) is 49.2 Å². The maximum absolute atomic E-state index is 12.4. The van der Waals surface area contributed by atoms with E-state index in [2.05, 4.69) is 20.9 Å². The fourth-order valence-electron chi connectivity index (χ4n) is 3.39. The first-order chi connectivity index (χ1) is 15.2. The zero-order valence-corrected chi connectivity index (χ0v) is 17.8. The number of para-hydroxylation sites is 3. The molecular weight excluding hydrogens is 412 g/mol. The monoisotopic (exact) mass is 434 g/mol. The molecule has 31 heavy (non-hydrogen) atoms. The fourth-order valence-corrected chi connectivity index (χ4v) is 3.58. The minimum absolute atomic E-state index is 0.144. The minimum atomic E-state index is -0.144. The van der Waals surface area contributed by atoms with Gasteiger partial charge in [0, 0.05) is 24.5 Å². The van der Waals surface area contributed by atoms with Crippen LogP contribution in [0, 0.1) is 0 Å². The number of fused-ring (bicyclic) bond motifs is 1. The van der Waals surface area contributed by atoms with Crippen LogP contribution >= 0.6 is 11.6 Å². The number of hydrogen-bond acceptors (Lipinski definition) is 4. The molecule has 1 amide bonds. The van der Waals surface area contributed by atoms with Crippen molar-refractivity contribution >= 4 is 28.5 Å². The highest BCUT2D eigenvalue weighted by Crippen LogP contribution is 2.23. The Morgan fingerprint density at radius 1 is 1.00 bits per heavy atom. The third-order valence-electron chi connectivity index (χ3n) is 4.95. The van der Waals surface area contributed by atoms with Crippen molar-refractivity contribution in [3.63, 3.8) is 0 Å². The number of amides is 1. The Morgan fingerprint density at radius 2 is 1.77 bits per heavy atom. The smallest absolute Gasteiger partial charge is 0.251 e. The van der Waals surface area contributed by atoms with Gasteiger partial charge in [0.1, 0.15) is 11.6 Å². The van der Waals surface area contributed by atoms with E-state index in [1.807, 2.05) is 42.5 Å². The van der Waals surface area contributed by atoms with Crippen molar-refractivity contribution in [1.82, 2.24) is 19.9 Å². The van der Waals surface area contributed by atoms with Gasteiger partial charge in [0.2, 0.25) is 0 Å². The lowest BCUT2D eigenvalue weighted by molar-refractivity contribution is 0.0949. The molecule has 7 heteroatoms. The Hall–Kier alpha value is -3.38. The number of carbonyl (C=O) groups excluding carboxylic acids is 1. The van der Waals surface area contributed by atoms with Crippen molar-refractivity contribution in [3.8, 4) is 5.75 Å². The minimum Gasteiger partial charge on any atom is -0.492 e. The number of nitrogens with one attached hydrogen (secondary N) is 1. The molecular formula is C24H23ClN4O2. The molecule has 0 aliphatic heterocycles. The summed E-state index contributed by atoms with van der Waals surface area (Å²) in [6.07, 6.45) is 5.00. The molecule has 0 saturated carbocycles. The maximum atomic E-state index is 12.4. The Balaban J connectivity index is 1.38. The highest BCUT2D eigenvalue weighted by Gasteiger charge is 2.12. The van der Waals surface area contributed by atoms with Gasteiger partial charge in [-0.25, -0.2) is 4.98 Å². The predicted molar refractivity (Wildman–Crippen MR) is 121 cm³/mol. The van der Waals surface area contributed by atoms with E-state index >= 15 is 0 Å². The highest BCUT2D eigenvalue weighted by atomic mass is 35.5. The largest absolute Gasteiger partial charge is 0.492 e. The Bertz CT molecular complexity index is 1160. The number of rotatable bonds is 9. The van der Waals surface area contributed by atoms with E-state index in [1.54, 1.807) is 24.5 Å². The summed E-state index contributed by atoms with van der Waals surface area (Å²) in [6.45, 7) is 1.73. The maximum Gasteiger partial charge on any atom is 0.251 e. The summed E-state index contributed by atoms with van der Waals surface area (Å²) in [5.41, 5.74) is 2.56. The molecule has 0 atom stereocenters. The van der Waals surface area contributed by atoms with Gasteiger partial charge >= 0.3 is 0 Å². The molecule has 0 radical (unpaired) electrons. The van der Waals surface area contributed by atoms with Crippen LogP contribution in [-0.4, -0.2) is 27.0 Å². The average Bonchev–Trinajstić information content (AvgIpc) is 3.16. The number of aryl methyl sites for hydroxylation is 1. The van der Waals surface area contributed by atoms with Gasteiger partial charge in [0.15, 0.2) is 0 Å². The number of unbranched alkanes of at least 4 members (excludes halogenated alkanes) is 1. The van der Waals surface area contributed by atoms with Gasteiger partial charge in [-0.15, -0.1) is 0 Å². The lowest BCUT2D eigenvalue weighted by Crippen LogP contribution is -2.24. The van der Waals surface area contributed by atoms with E-state index in [-0.39, 0.29) is 5.91 Å². The molecule has 2 aromatic heterocycles. The van der Waals surface area contributed by atoms with Gasteiger partial charge in [-0.2, -0.15) is 0 Å². The van der Waals surface area contributed by atoms with E-state index in [4.69, 9.17) is 21.3 Å². The number of aromatic nitrogens is 3. The lowest BCUT2D eigenvalue weighted by atomic mass is 10.2. The zero-order chi connectivity index (χ0) is 21.5. The summed E-state index contributed by atoms with van der Waals surface area (Å²) < 4.78 is 7.95. The second-order valence-corrected chi connectivity index (χ2v) is 7.48. The third kappa shape index (κ3) is 5.22. The first kappa shape index (κ1) is 20.9. The molecule has 4 rings (SSSR count). The van der Waals surface area contributed by atoms with E-state index in [1.165, 1.54) is 0 Å². The quantitative estimate of drug-likeness (QED) is 0.381. The molecule has 158 valence electrons.